The third-order valence-electron chi connectivity index (χ3n) is 5.64. The molecule has 0 aliphatic rings. The smallest absolute Gasteiger partial charge is 0.326 e. The molecule has 0 bridgehead atoms. The maximum Gasteiger partial charge on any atom is 0.326 e. The molecule has 198 valence electrons. The number of aromatic nitrogens is 1. The number of carboxylic acids is 1. The Hall–Kier alpha value is -3.13. The van der Waals surface area contributed by atoms with E-state index in [-0.39, 0.29) is 18.6 Å². The summed E-state index contributed by atoms with van der Waals surface area (Å²) in [6.07, 6.45) is 3.07. The van der Waals surface area contributed by atoms with Crippen LogP contribution in [0.4, 0.5) is 0 Å². The second-order valence-corrected chi connectivity index (χ2v) is 8.71. The number of fused-ring (bicyclic) bond motifs is 1. The molecule has 12 nitrogen and oxygen atoms in total. The zero-order valence-corrected chi connectivity index (χ0v) is 20.7. The van der Waals surface area contributed by atoms with Crippen LogP contribution < -0.4 is 27.4 Å². The molecule has 0 aliphatic heterocycles. The normalized spacial score (nSPS) is 14.4. The second kappa shape index (κ2) is 14.4. The zero-order chi connectivity index (χ0) is 26.7. The van der Waals surface area contributed by atoms with Gasteiger partial charge < -0.3 is 42.6 Å². The fourth-order valence-electron chi connectivity index (χ4n) is 3.58. The van der Waals surface area contributed by atoms with E-state index < -0.39 is 54.5 Å². The van der Waals surface area contributed by atoms with E-state index >= 15 is 0 Å². The van der Waals surface area contributed by atoms with E-state index in [9.17, 15) is 24.3 Å². The Bertz CT molecular complexity index is 1050. The van der Waals surface area contributed by atoms with Gasteiger partial charge in [-0.15, -0.1) is 0 Å². The van der Waals surface area contributed by atoms with E-state index in [4.69, 9.17) is 16.6 Å². The molecule has 4 atom stereocenters. The Morgan fingerprint density at radius 1 is 0.972 bits per heavy atom. The molecule has 2 rings (SSSR count). The first-order valence-electron chi connectivity index (χ1n) is 11.6. The Morgan fingerprint density at radius 2 is 1.61 bits per heavy atom. The predicted octanol–water partition coefficient (Wildman–Crippen LogP) is -1.37. The van der Waals surface area contributed by atoms with Gasteiger partial charge in [0.05, 0.1) is 6.61 Å². The number of hydrogen-bond acceptors (Lipinski definition) is 8. The third kappa shape index (κ3) is 8.22. The molecule has 0 fully saturated rings. The van der Waals surface area contributed by atoms with Gasteiger partial charge in [0.15, 0.2) is 0 Å². The van der Waals surface area contributed by atoms with Crippen LogP contribution in [0.5, 0.6) is 0 Å². The lowest BCUT2D eigenvalue weighted by Crippen LogP contribution is -2.58. The minimum atomic E-state index is -1.25. The number of aliphatic carboxylic acids is 1. The van der Waals surface area contributed by atoms with Gasteiger partial charge in [0, 0.05) is 29.3 Å². The molecule has 4 unspecified atom stereocenters. The van der Waals surface area contributed by atoms with Crippen LogP contribution in [-0.2, 0) is 25.6 Å². The number of aliphatic hydroxyl groups is 1. The molecule has 13 heteroatoms. The van der Waals surface area contributed by atoms with Crippen LogP contribution in [0.3, 0.4) is 0 Å². The maximum atomic E-state index is 12.9. The summed E-state index contributed by atoms with van der Waals surface area (Å²) in [6.45, 7) is -0.204. The standard InChI is InChI=1S/C23H34N6O6S/c24-8-4-3-7-17(27-20(31)15(25)11-30)21(32)29-19(12-36)22(33)28-18(23(34)35)9-13-10-26-16-6-2-1-5-14(13)16/h1-2,5-6,10,15,17-19,26,30,36H,3-4,7-9,11-12,24-25H2,(H,27,31)(H,28,33)(H,29,32)(H,34,35). The van der Waals surface area contributed by atoms with Gasteiger partial charge in [-0.3, -0.25) is 14.4 Å². The number of benzene rings is 1. The largest absolute Gasteiger partial charge is 0.480 e. The van der Waals surface area contributed by atoms with E-state index in [1.54, 1.807) is 6.20 Å². The minimum absolute atomic E-state index is 0.0230. The van der Waals surface area contributed by atoms with Crippen molar-refractivity contribution >= 4 is 47.2 Å². The fraction of sp³-hybridized carbons (Fsp3) is 0.478. The zero-order valence-electron chi connectivity index (χ0n) is 19.8. The van der Waals surface area contributed by atoms with E-state index in [1.165, 1.54) is 0 Å². The van der Waals surface area contributed by atoms with Crippen molar-refractivity contribution in [2.24, 2.45) is 11.5 Å². The number of aliphatic hydroxyl groups excluding tert-OH is 1. The van der Waals surface area contributed by atoms with Gasteiger partial charge in [0.25, 0.3) is 0 Å². The van der Waals surface area contributed by atoms with Crippen LogP contribution in [0.1, 0.15) is 24.8 Å². The highest BCUT2D eigenvalue weighted by Crippen LogP contribution is 2.19. The first kappa shape index (κ1) is 29.1. The number of thiol groups is 1. The number of rotatable bonds is 15. The van der Waals surface area contributed by atoms with Gasteiger partial charge in [-0.05, 0) is 37.4 Å². The summed E-state index contributed by atoms with van der Waals surface area (Å²) in [5.74, 6) is -3.46. The van der Waals surface area contributed by atoms with E-state index in [1.807, 2.05) is 24.3 Å². The number of hydrogen-bond donors (Lipinski definition) is 9. The van der Waals surface area contributed by atoms with E-state index in [0.717, 1.165) is 10.9 Å². The third-order valence-corrected chi connectivity index (χ3v) is 6.01. The van der Waals surface area contributed by atoms with Crippen LogP contribution in [0.15, 0.2) is 30.5 Å². The van der Waals surface area contributed by atoms with E-state index in [0.29, 0.717) is 24.9 Å². The van der Waals surface area contributed by atoms with Crippen molar-refractivity contribution < 1.29 is 29.4 Å². The molecule has 3 amide bonds. The van der Waals surface area contributed by atoms with Crippen molar-refractivity contribution in [3.05, 3.63) is 36.0 Å². The summed E-state index contributed by atoms with van der Waals surface area (Å²) in [7, 11) is 0. The number of nitrogens with one attached hydrogen (secondary N) is 4. The lowest BCUT2D eigenvalue weighted by Gasteiger charge is -2.24. The number of carboxylic acid groups (broad SMARTS) is 1. The quantitative estimate of drug-likeness (QED) is 0.100. The Kier molecular flexibility index (Phi) is 11.7. The molecule has 2 aromatic rings. The molecule has 36 heavy (non-hydrogen) atoms. The Labute approximate surface area is 214 Å². The van der Waals surface area contributed by atoms with Crippen molar-refractivity contribution in [1.82, 2.24) is 20.9 Å². The number of unbranched alkanes of at least 4 members (excludes halogenated alkanes) is 1. The van der Waals surface area contributed by atoms with E-state index in [2.05, 4.69) is 33.6 Å². The SMILES string of the molecule is NCCCCC(NC(=O)C(N)CO)C(=O)NC(CS)C(=O)NC(Cc1c[nH]c2ccccc12)C(=O)O. The maximum absolute atomic E-state index is 12.9. The number of carbonyl (C=O) groups excluding carboxylic acids is 3. The summed E-state index contributed by atoms with van der Waals surface area (Å²) in [6, 6.07) is 2.73. The highest BCUT2D eigenvalue weighted by Gasteiger charge is 2.30. The monoisotopic (exact) mass is 522 g/mol. The number of para-hydroxylation sites is 1. The molecule has 0 saturated heterocycles. The van der Waals surface area contributed by atoms with Gasteiger partial charge in [0.1, 0.15) is 24.2 Å². The lowest BCUT2D eigenvalue weighted by molar-refractivity contribution is -0.142. The average Bonchev–Trinajstić information content (AvgIpc) is 3.28. The highest BCUT2D eigenvalue weighted by atomic mass is 32.1. The van der Waals surface area contributed by atoms with Crippen molar-refractivity contribution in [1.29, 1.82) is 0 Å². The molecular weight excluding hydrogens is 488 g/mol. The summed E-state index contributed by atoms with van der Waals surface area (Å²) in [5, 5.41) is 27.1. The van der Waals surface area contributed by atoms with Crippen molar-refractivity contribution in [2.75, 3.05) is 18.9 Å². The van der Waals surface area contributed by atoms with Gasteiger partial charge in [-0.25, -0.2) is 4.79 Å². The topological polar surface area (TPSA) is 213 Å². The van der Waals surface area contributed by atoms with Crippen LogP contribution in [0, 0.1) is 0 Å². The molecule has 0 radical (unpaired) electrons. The lowest BCUT2D eigenvalue weighted by atomic mass is 10.0. The van der Waals surface area contributed by atoms with Crippen molar-refractivity contribution in [3.63, 3.8) is 0 Å². The van der Waals surface area contributed by atoms with Crippen molar-refractivity contribution in [3.8, 4) is 0 Å². The number of nitrogens with two attached hydrogens (primary N) is 2. The van der Waals surface area contributed by atoms with Gasteiger partial charge in [-0.1, -0.05) is 18.2 Å². The average molecular weight is 523 g/mol. The second-order valence-electron chi connectivity index (χ2n) is 8.34. The molecule has 1 heterocycles. The molecule has 10 N–H and O–H groups in total. The summed E-state index contributed by atoms with van der Waals surface area (Å²) >= 11 is 4.13. The van der Waals surface area contributed by atoms with Crippen LogP contribution >= 0.6 is 12.6 Å². The first-order valence-corrected chi connectivity index (χ1v) is 12.2. The molecular formula is C23H34N6O6S. The number of aromatic amines is 1. The van der Waals surface area contributed by atoms with Gasteiger partial charge in [0.2, 0.25) is 17.7 Å². The molecule has 1 aromatic carbocycles. The highest BCUT2D eigenvalue weighted by molar-refractivity contribution is 7.80. The summed E-state index contributed by atoms with van der Waals surface area (Å²) in [5.41, 5.74) is 12.6. The van der Waals surface area contributed by atoms with Crippen LogP contribution in [0.25, 0.3) is 10.9 Å². The van der Waals surface area contributed by atoms with Crippen LogP contribution in [-0.4, -0.2) is 82.0 Å². The molecule has 0 aliphatic carbocycles. The molecule has 1 aromatic heterocycles. The Balaban J connectivity index is 2.08. The Morgan fingerprint density at radius 3 is 2.25 bits per heavy atom. The predicted molar refractivity (Wildman–Crippen MR) is 137 cm³/mol. The van der Waals surface area contributed by atoms with Crippen molar-refractivity contribution in [2.45, 2.75) is 49.9 Å². The minimum Gasteiger partial charge on any atom is -0.480 e. The van der Waals surface area contributed by atoms with Gasteiger partial charge in [-0.2, -0.15) is 12.6 Å². The fourth-order valence-corrected chi connectivity index (χ4v) is 3.84. The van der Waals surface area contributed by atoms with Gasteiger partial charge >= 0.3 is 5.97 Å². The molecule has 0 spiro atoms. The first-order chi connectivity index (χ1) is 17.2. The number of carbonyl (C=O) groups is 4. The molecule has 0 saturated carbocycles. The summed E-state index contributed by atoms with van der Waals surface area (Å²) in [4.78, 5) is 52.8. The number of amides is 3. The van der Waals surface area contributed by atoms with Crippen LogP contribution in [0.2, 0.25) is 0 Å². The summed E-state index contributed by atoms with van der Waals surface area (Å²) < 4.78 is 0. The number of H-pyrrole nitrogens is 1.